The van der Waals surface area contributed by atoms with Gasteiger partial charge in [0.1, 0.15) is 12.4 Å². The van der Waals surface area contributed by atoms with Crippen molar-refractivity contribution in [2.75, 3.05) is 18.9 Å². The largest absolute Gasteiger partial charge is 0.411 e. The number of fused-ring (bicyclic) bond motifs is 1. The molecule has 0 aliphatic heterocycles. The summed E-state index contributed by atoms with van der Waals surface area (Å²) >= 11 is 0. The standard InChI is InChI=1S/C12H13F4N3O/c1-7-4-10-9(5-8(7)13)18-11(17)19(10)2-3-20-6-12(14,15)16/h4-5H,2-3,6H2,1H3,(H2,17,18). The number of halogens is 4. The fourth-order valence-corrected chi connectivity index (χ4v) is 1.85. The summed E-state index contributed by atoms with van der Waals surface area (Å²) in [7, 11) is 0. The molecule has 1 aromatic carbocycles. The molecule has 1 aromatic heterocycles. The van der Waals surface area contributed by atoms with Crippen LogP contribution in [0.4, 0.5) is 23.5 Å². The van der Waals surface area contributed by atoms with Crippen molar-refractivity contribution in [2.24, 2.45) is 0 Å². The minimum absolute atomic E-state index is 0.112. The Bertz CT molecular complexity index is 621. The third-order valence-electron chi connectivity index (χ3n) is 2.78. The number of rotatable bonds is 4. The van der Waals surface area contributed by atoms with E-state index in [1.54, 1.807) is 13.0 Å². The number of imidazole rings is 1. The van der Waals surface area contributed by atoms with Gasteiger partial charge in [-0.05, 0) is 18.6 Å². The van der Waals surface area contributed by atoms with Crippen LogP contribution >= 0.6 is 0 Å². The van der Waals surface area contributed by atoms with Gasteiger partial charge in [-0.2, -0.15) is 13.2 Å². The van der Waals surface area contributed by atoms with E-state index in [9.17, 15) is 17.6 Å². The zero-order valence-corrected chi connectivity index (χ0v) is 10.7. The van der Waals surface area contributed by atoms with Crippen molar-refractivity contribution in [1.29, 1.82) is 0 Å². The van der Waals surface area contributed by atoms with E-state index < -0.39 is 18.6 Å². The van der Waals surface area contributed by atoms with Crippen LogP contribution in [0.5, 0.6) is 0 Å². The molecule has 2 rings (SSSR count). The average Bonchev–Trinajstić information content (AvgIpc) is 2.60. The van der Waals surface area contributed by atoms with Gasteiger partial charge in [0, 0.05) is 12.6 Å². The maximum Gasteiger partial charge on any atom is 0.411 e. The lowest BCUT2D eigenvalue weighted by atomic mass is 10.2. The van der Waals surface area contributed by atoms with Gasteiger partial charge < -0.3 is 15.0 Å². The lowest BCUT2D eigenvalue weighted by Crippen LogP contribution is -2.19. The Kier molecular flexibility index (Phi) is 3.85. The van der Waals surface area contributed by atoms with E-state index in [1.807, 2.05) is 0 Å². The van der Waals surface area contributed by atoms with E-state index in [0.29, 0.717) is 16.6 Å². The molecule has 0 bridgehead atoms. The summed E-state index contributed by atoms with van der Waals surface area (Å²) in [6.07, 6.45) is -4.36. The van der Waals surface area contributed by atoms with E-state index in [0.717, 1.165) is 0 Å². The monoisotopic (exact) mass is 291 g/mol. The van der Waals surface area contributed by atoms with E-state index >= 15 is 0 Å². The number of nitrogens with zero attached hydrogens (tertiary/aromatic N) is 2. The van der Waals surface area contributed by atoms with Crippen molar-refractivity contribution in [3.8, 4) is 0 Å². The molecule has 0 spiro atoms. The maximum absolute atomic E-state index is 13.4. The first-order valence-electron chi connectivity index (χ1n) is 5.84. The summed E-state index contributed by atoms with van der Waals surface area (Å²) in [5.41, 5.74) is 7.01. The summed E-state index contributed by atoms with van der Waals surface area (Å²) in [5.74, 6) is -0.295. The molecule has 0 fully saturated rings. The Morgan fingerprint density at radius 1 is 1.35 bits per heavy atom. The summed E-state index contributed by atoms with van der Waals surface area (Å²) in [6, 6.07) is 2.80. The zero-order chi connectivity index (χ0) is 14.9. The van der Waals surface area contributed by atoms with Crippen LogP contribution in [-0.2, 0) is 11.3 Å². The van der Waals surface area contributed by atoms with Crippen molar-refractivity contribution in [3.63, 3.8) is 0 Å². The van der Waals surface area contributed by atoms with Crippen molar-refractivity contribution < 1.29 is 22.3 Å². The van der Waals surface area contributed by atoms with Gasteiger partial charge in [0.2, 0.25) is 5.95 Å². The Morgan fingerprint density at radius 3 is 2.70 bits per heavy atom. The second-order valence-electron chi connectivity index (χ2n) is 4.38. The van der Waals surface area contributed by atoms with Gasteiger partial charge in [0.05, 0.1) is 17.6 Å². The number of aromatic nitrogens is 2. The molecule has 20 heavy (non-hydrogen) atoms. The van der Waals surface area contributed by atoms with Crippen LogP contribution in [-0.4, -0.2) is 28.9 Å². The first kappa shape index (κ1) is 14.6. The van der Waals surface area contributed by atoms with Gasteiger partial charge in [-0.1, -0.05) is 0 Å². The Morgan fingerprint density at radius 2 is 2.05 bits per heavy atom. The number of nitrogen functional groups attached to an aromatic ring is 1. The highest BCUT2D eigenvalue weighted by atomic mass is 19.4. The Labute approximate surface area is 112 Å². The molecule has 0 aliphatic carbocycles. The summed E-state index contributed by atoms with van der Waals surface area (Å²) in [4.78, 5) is 3.97. The average molecular weight is 291 g/mol. The van der Waals surface area contributed by atoms with E-state index in [-0.39, 0.29) is 19.1 Å². The second kappa shape index (κ2) is 5.28. The van der Waals surface area contributed by atoms with Crippen LogP contribution < -0.4 is 5.73 Å². The maximum atomic E-state index is 13.4. The molecule has 0 aliphatic rings. The van der Waals surface area contributed by atoms with Gasteiger partial charge in [0.15, 0.2) is 0 Å². The molecule has 4 nitrogen and oxygen atoms in total. The quantitative estimate of drug-likeness (QED) is 0.696. The van der Waals surface area contributed by atoms with Crippen LogP contribution in [0.1, 0.15) is 5.56 Å². The molecule has 110 valence electrons. The lowest BCUT2D eigenvalue weighted by Gasteiger charge is -2.09. The van der Waals surface area contributed by atoms with Crippen molar-refractivity contribution in [3.05, 3.63) is 23.5 Å². The number of ether oxygens (including phenoxy) is 1. The molecule has 0 unspecified atom stereocenters. The number of hydrogen-bond acceptors (Lipinski definition) is 3. The first-order chi connectivity index (χ1) is 9.28. The predicted molar refractivity (Wildman–Crippen MR) is 65.7 cm³/mol. The highest BCUT2D eigenvalue weighted by molar-refractivity contribution is 5.79. The molecule has 0 amide bonds. The molecular weight excluding hydrogens is 278 g/mol. The van der Waals surface area contributed by atoms with Crippen molar-refractivity contribution >= 4 is 17.0 Å². The smallest absolute Gasteiger partial charge is 0.370 e. The lowest BCUT2D eigenvalue weighted by molar-refractivity contribution is -0.174. The number of aryl methyl sites for hydroxylation is 1. The van der Waals surface area contributed by atoms with Crippen molar-refractivity contribution in [1.82, 2.24) is 9.55 Å². The third-order valence-corrected chi connectivity index (χ3v) is 2.78. The topological polar surface area (TPSA) is 53.1 Å². The van der Waals surface area contributed by atoms with Gasteiger partial charge in [0.25, 0.3) is 0 Å². The van der Waals surface area contributed by atoms with Crippen LogP contribution in [0.15, 0.2) is 12.1 Å². The molecule has 0 saturated carbocycles. The number of alkyl halides is 3. The third kappa shape index (κ3) is 3.19. The van der Waals surface area contributed by atoms with Crippen LogP contribution in [0.25, 0.3) is 11.0 Å². The van der Waals surface area contributed by atoms with Gasteiger partial charge in [-0.15, -0.1) is 0 Å². The summed E-state index contributed by atoms with van der Waals surface area (Å²) in [5, 5.41) is 0. The minimum Gasteiger partial charge on any atom is -0.370 e. The predicted octanol–water partition coefficient (Wildman–Crippen LogP) is 2.64. The normalized spacial score (nSPS) is 12.2. The zero-order valence-electron chi connectivity index (χ0n) is 10.7. The Hall–Kier alpha value is -1.83. The number of hydrogen-bond donors (Lipinski definition) is 1. The van der Waals surface area contributed by atoms with E-state index in [2.05, 4.69) is 9.72 Å². The molecular formula is C12H13F4N3O. The van der Waals surface area contributed by atoms with E-state index in [1.165, 1.54) is 10.6 Å². The molecule has 2 N–H and O–H groups in total. The summed E-state index contributed by atoms with van der Waals surface area (Å²) in [6.45, 7) is 0.227. The molecule has 2 aromatic rings. The van der Waals surface area contributed by atoms with Gasteiger partial charge >= 0.3 is 6.18 Å². The second-order valence-corrected chi connectivity index (χ2v) is 4.38. The van der Waals surface area contributed by atoms with Crippen LogP contribution in [0.3, 0.4) is 0 Å². The van der Waals surface area contributed by atoms with E-state index in [4.69, 9.17) is 5.73 Å². The molecule has 1 heterocycles. The minimum atomic E-state index is -4.36. The first-order valence-corrected chi connectivity index (χ1v) is 5.84. The fraction of sp³-hybridized carbons (Fsp3) is 0.417. The van der Waals surface area contributed by atoms with Crippen molar-refractivity contribution in [2.45, 2.75) is 19.6 Å². The van der Waals surface area contributed by atoms with Gasteiger partial charge in [-0.25, -0.2) is 9.37 Å². The molecule has 0 atom stereocenters. The number of benzene rings is 1. The fourth-order valence-electron chi connectivity index (χ4n) is 1.85. The van der Waals surface area contributed by atoms with Crippen LogP contribution in [0, 0.1) is 12.7 Å². The molecule has 0 radical (unpaired) electrons. The molecule has 0 saturated heterocycles. The highest BCUT2D eigenvalue weighted by Gasteiger charge is 2.27. The Balaban J connectivity index is 2.14. The summed E-state index contributed by atoms with van der Waals surface area (Å²) < 4.78 is 55.2. The highest BCUT2D eigenvalue weighted by Crippen LogP contribution is 2.21. The SMILES string of the molecule is Cc1cc2c(cc1F)nc(N)n2CCOCC(F)(F)F. The molecule has 8 heteroatoms. The number of anilines is 1. The van der Waals surface area contributed by atoms with Gasteiger partial charge in [-0.3, -0.25) is 0 Å². The van der Waals surface area contributed by atoms with Crippen LogP contribution in [0.2, 0.25) is 0 Å². The number of nitrogens with two attached hydrogens (primary N) is 1.